The molecule has 4 nitrogen and oxygen atoms in total. The van der Waals surface area contributed by atoms with E-state index in [4.69, 9.17) is 9.47 Å². The molecule has 0 spiro atoms. The minimum absolute atomic E-state index is 0.0488. The lowest BCUT2D eigenvalue weighted by Gasteiger charge is -2.07. The Balaban J connectivity index is 2.52. The maximum atomic E-state index is 13.4. The smallest absolute Gasteiger partial charge is 0.338 e. The molecule has 0 aliphatic rings. The molecule has 20 heavy (non-hydrogen) atoms. The molecule has 0 aliphatic heterocycles. The van der Waals surface area contributed by atoms with Crippen LogP contribution in [-0.4, -0.2) is 25.2 Å². The first kappa shape index (κ1) is 17.3. The number of carbonyl (C=O) groups excluding carboxylic acids is 2. The van der Waals surface area contributed by atoms with Crippen molar-refractivity contribution in [3.8, 4) is 0 Å². The van der Waals surface area contributed by atoms with Gasteiger partial charge >= 0.3 is 11.9 Å². The van der Waals surface area contributed by atoms with Crippen molar-refractivity contribution < 1.29 is 23.5 Å². The van der Waals surface area contributed by atoms with Crippen LogP contribution in [0.25, 0.3) is 0 Å². The van der Waals surface area contributed by atoms with Crippen LogP contribution < -0.4 is 0 Å². The Labute approximate surface area is 143 Å². The first-order chi connectivity index (χ1) is 9.32. The standard InChI is InChI=1S/C13H11FI2O4/c1-7(2)12(17)19-3-4-20-13(18)8-5-9(15)11(14)10(16)6-8/h5-6H,1,3-4H2,2H3. The molecule has 0 saturated carbocycles. The lowest BCUT2D eigenvalue weighted by atomic mass is 10.2. The molecule has 0 heterocycles. The number of esters is 2. The third-order valence-corrected chi connectivity index (χ3v) is 3.69. The Morgan fingerprint density at radius 1 is 1.20 bits per heavy atom. The van der Waals surface area contributed by atoms with E-state index in [0.29, 0.717) is 7.14 Å². The molecular formula is C13H11FI2O4. The fraction of sp³-hybridized carbons (Fsp3) is 0.231. The first-order valence-electron chi connectivity index (χ1n) is 5.47. The highest BCUT2D eigenvalue weighted by molar-refractivity contribution is 14.1. The van der Waals surface area contributed by atoms with Gasteiger partial charge < -0.3 is 9.47 Å². The van der Waals surface area contributed by atoms with Crippen LogP contribution in [0.15, 0.2) is 24.3 Å². The van der Waals surface area contributed by atoms with Crippen molar-refractivity contribution in [2.45, 2.75) is 6.92 Å². The summed E-state index contributed by atoms with van der Waals surface area (Å²) in [5.74, 6) is -1.49. The quantitative estimate of drug-likeness (QED) is 0.203. The van der Waals surface area contributed by atoms with Gasteiger partial charge in [0.1, 0.15) is 19.0 Å². The predicted octanol–water partition coefficient (Wildman–Crippen LogP) is 3.31. The van der Waals surface area contributed by atoms with Gasteiger partial charge in [-0.3, -0.25) is 0 Å². The van der Waals surface area contributed by atoms with Gasteiger partial charge in [-0.05, 0) is 64.2 Å². The van der Waals surface area contributed by atoms with E-state index < -0.39 is 11.9 Å². The summed E-state index contributed by atoms with van der Waals surface area (Å²) in [7, 11) is 0. The largest absolute Gasteiger partial charge is 0.459 e. The highest BCUT2D eigenvalue weighted by atomic mass is 127. The molecule has 0 N–H and O–H groups in total. The molecule has 0 bridgehead atoms. The number of hydrogen-bond donors (Lipinski definition) is 0. The SMILES string of the molecule is C=C(C)C(=O)OCCOC(=O)c1cc(I)c(F)c(I)c1. The van der Waals surface area contributed by atoms with Gasteiger partial charge in [0.05, 0.1) is 12.7 Å². The molecule has 0 aliphatic carbocycles. The van der Waals surface area contributed by atoms with Crippen molar-refractivity contribution >= 4 is 57.1 Å². The average Bonchev–Trinajstić information content (AvgIpc) is 2.39. The van der Waals surface area contributed by atoms with E-state index in [2.05, 4.69) is 6.58 Å². The van der Waals surface area contributed by atoms with Crippen molar-refractivity contribution in [3.63, 3.8) is 0 Å². The van der Waals surface area contributed by atoms with Gasteiger partial charge in [0, 0.05) is 5.57 Å². The molecule has 1 aromatic rings. The van der Waals surface area contributed by atoms with Crippen molar-refractivity contribution in [3.05, 3.63) is 42.8 Å². The monoisotopic (exact) mass is 504 g/mol. The molecule has 1 rings (SSSR count). The third kappa shape index (κ3) is 5.00. The number of hydrogen-bond acceptors (Lipinski definition) is 4. The van der Waals surface area contributed by atoms with Gasteiger partial charge in [-0.15, -0.1) is 0 Å². The predicted molar refractivity (Wildman–Crippen MR) is 87.9 cm³/mol. The Bertz CT molecular complexity index is 534. The Morgan fingerprint density at radius 3 is 2.20 bits per heavy atom. The van der Waals surface area contributed by atoms with Crippen molar-refractivity contribution in [2.24, 2.45) is 0 Å². The van der Waals surface area contributed by atoms with Crippen LogP contribution >= 0.6 is 45.2 Å². The van der Waals surface area contributed by atoms with Crippen molar-refractivity contribution in [1.82, 2.24) is 0 Å². The molecule has 0 aromatic heterocycles. The topological polar surface area (TPSA) is 52.6 Å². The van der Waals surface area contributed by atoms with Crippen LogP contribution in [-0.2, 0) is 14.3 Å². The molecule has 108 valence electrons. The second-order valence-electron chi connectivity index (χ2n) is 3.81. The fourth-order valence-electron chi connectivity index (χ4n) is 1.15. The molecule has 7 heteroatoms. The second-order valence-corrected chi connectivity index (χ2v) is 6.13. The Hall–Kier alpha value is -0.710. The van der Waals surface area contributed by atoms with Gasteiger partial charge in [-0.25, -0.2) is 14.0 Å². The normalized spacial score (nSPS) is 10.0. The number of carbonyl (C=O) groups is 2. The van der Waals surface area contributed by atoms with Crippen LogP contribution in [0, 0.1) is 13.0 Å². The van der Waals surface area contributed by atoms with E-state index in [1.165, 1.54) is 19.1 Å². The van der Waals surface area contributed by atoms with E-state index in [1.54, 1.807) is 45.2 Å². The first-order valence-corrected chi connectivity index (χ1v) is 7.63. The summed E-state index contributed by atoms with van der Waals surface area (Å²) in [6.45, 7) is 4.83. The van der Waals surface area contributed by atoms with Gasteiger partial charge in [0.25, 0.3) is 0 Å². The molecule has 0 saturated heterocycles. The minimum Gasteiger partial charge on any atom is -0.459 e. The summed E-state index contributed by atoms with van der Waals surface area (Å²) in [4.78, 5) is 22.8. The zero-order chi connectivity index (χ0) is 15.3. The molecule has 1 aromatic carbocycles. The van der Waals surface area contributed by atoms with Crippen LogP contribution in [0.5, 0.6) is 0 Å². The van der Waals surface area contributed by atoms with E-state index >= 15 is 0 Å². The highest BCUT2D eigenvalue weighted by Gasteiger charge is 2.13. The minimum atomic E-state index is -0.591. The fourth-order valence-corrected chi connectivity index (χ4v) is 2.92. The lowest BCUT2D eigenvalue weighted by Crippen LogP contribution is -2.14. The average molecular weight is 504 g/mol. The van der Waals surface area contributed by atoms with Crippen LogP contribution in [0.3, 0.4) is 0 Å². The molecular weight excluding hydrogens is 493 g/mol. The Kier molecular flexibility index (Phi) is 6.86. The van der Waals surface area contributed by atoms with E-state index in [1.807, 2.05) is 0 Å². The molecule has 0 atom stereocenters. The number of ether oxygens (including phenoxy) is 2. The second kappa shape index (κ2) is 7.91. The number of benzene rings is 1. The number of halogens is 3. The summed E-state index contributed by atoms with van der Waals surface area (Å²) in [6.07, 6.45) is 0. The van der Waals surface area contributed by atoms with E-state index in [-0.39, 0.29) is 30.2 Å². The molecule has 0 amide bonds. The van der Waals surface area contributed by atoms with Gasteiger partial charge in [0.2, 0.25) is 0 Å². The zero-order valence-electron chi connectivity index (χ0n) is 10.5. The van der Waals surface area contributed by atoms with Gasteiger partial charge in [0.15, 0.2) is 0 Å². The molecule has 0 radical (unpaired) electrons. The summed E-state index contributed by atoms with van der Waals surface area (Å²) >= 11 is 3.61. The summed E-state index contributed by atoms with van der Waals surface area (Å²) < 4.78 is 23.8. The van der Waals surface area contributed by atoms with Crippen LogP contribution in [0.2, 0.25) is 0 Å². The van der Waals surface area contributed by atoms with Crippen LogP contribution in [0.4, 0.5) is 4.39 Å². The molecule has 0 unspecified atom stereocenters. The summed E-state index contributed by atoms with van der Waals surface area (Å²) in [5, 5.41) is 0. The Morgan fingerprint density at radius 2 is 1.70 bits per heavy atom. The maximum absolute atomic E-state index is 13.4. The highest BCUT2D eigenvalue weighted by Crippen LogP contribution is 2.20. The summed E-state index contributed by atoms with van der Waals surface area (Å²) in [5.41, 5.74) is 0.533. The number of rotatable bonds is 5. The van der Waals surface area contributed by atoms with Crippen molar-refractivity contribution in [2.75, 3.05) is 13.2 Å². The van der Waals surface area contributed by atoms with Gasteiger partial charge in [-0.2, -0.15) is 0 Å². The summed E-state index contributed by atoms with van der Waals surface area (Å²) in [6, 6.07) is 2.81. The molecule has 0 fully saturated rings. The third-order valence-electron chi connectivity index (χ3n) is 2.12. The zero-order valence-corrected chi connectivity index (χ0v) is 14.9. The lowest BCUT2D eigenvalue weighted by molar-refractivity contribution is -0.140. The van der Waals surface area contributed by atoms with Gasteiger partial charge in [-0.1, -0.05) is 6.58 Å². The van der Waals surface area contributed by atoms with E-state index in [0.717, 1.165) is 0 Å². The van der Waals surface area contributed by atoms with E-state index in [9.17, 15) is 14.0 Å². The van der Waals surface area contributed by atoms with Crippen LogP contribution in [0.1, 0.15) is 17.3 Å². The maximum Gasteiger partial charge on any atom is 0.338 e. The van der Waals surface area contributed by atoms with Crippen molar-refractivity contribution in [1.29, 1.82) is 0 Å².